The Hall–Kier alpha value is -0.830. The molecule has 0 bridgehead atoms. The standard InChI is InChI=1S/C13H24O3/c1-3-7-12(9-6-11-14)8-5-10-13(15)16-4-2/h5,10,12,14H,3-4,6-9,11H2,1-2H3/b10-5+/t12-/m0/s1. The molecule has 3 nitrogen and oxygen atoms in total. The van der Waals surface area contributed by atoms with E-state index in [4.69, 9.17) is 9.84 Å². The maximum atomic E-state index is 11.0. The number of aliphatic hydroxyl groups is 1. The largest absolute Gasteiger partial charge is 0.463 e. The number of allylic oxidation sites excluding steroid dienone is 1. The number of carbonyl (C=O) groups excluding carboxylic acids is 1. The lowest BCUT2D eigenvalue weighted by Gasteiger charge is -2.12. The first kappa shape index (κ1) is 15.2. The van der Waals surface area contributed by atoms with Crippen molar-refractivity contribution in [1.82, 2.24) is 0 Å². The average Bonchev–Trinajstić information content (AvgIpc) is 2.26. The van der Waals surface area contributed by atoms with Crippen LogP contribution in [0.2, 0.25) is 0 Å². The molecule has 0 aliphatic rings. The molecule has 94 valence electrons. The van der Waals surface area contributed by atoms with E-state index in [1.54, 1.807) is 6.92 Å². The van der Waals surface area contributed by atoms with Crippen molar-refractivity contribution in [3.63, 3.8) is 0 Å². The molecule has 0 fully saturated rings. The average molecular weight is 228 g/mol. The highest BCUT2D eigenvalue weighted by atomic mass is 16.5. The summed E-state index contributed by atoms with van der Waals surface area (Å²) in [5, 5.41) is 8.77. The van der Waals surface area contributed by atoms with E-state index in [0.717, 1.165) is 32.1 Å². The zero-order chi connectivity index (χ0) is 12.2. The van der Waals surface area contributed by atoms with Crippen LogP contribution in [0.4, 0.5) is 0 Å². The Balaban J connectivity index is 3.85. The SMILES string of the molecule is CCC[C@@H](C/C=C/C(=O)OCC)CCCO. The molecule has 0 saturated heterocycles. The predicted molar refractivity (Wildman–Crippen MR) is 65.1 cm³/mol. The summed E-state index contributed by atoms with van der Waals surface area (Å²) in [5.74, 6) is 0.308. The second-order valence-electron chi connectivity index (χ2n) is 3.91. The van der Waals surface area contributed by atoms with Gasteiger partial charge in [0.05, 0.1) is 6.61 Å². The molecule has 3 heteroatoms. The smallest absolute Gasteiger partial charge is 0.330 e. The van der Waals surface area contributed by atoms with Crippen LogP contribution in [0.5, 0.6) is 0 Å². The van der Waals surface area contributed by atoms with E-state index in [1.807, 2.05) is 6.08 Å². The van der Waals surface area contributed by atoms with Gasteiger partial charge >= 0.3 is 5.97 Å². The first-order valence-electron chi connectivity index (χ1n) is 6.18. The third kappa shape index (κ3) is 8.48. The van der Waals surface area contributed by atoms with Gasteiger partial charge in [0.1, 0.15) is 0 Å². The number of rotatable bonds is 9. The summed E-state index contributed by atoms with van der Waals surface area (Å²) < 4.78 is 4.80. The third-order valence-electron chi connectivity index (χ3n) is 2.48. The summed E-state index contributed by atoms with van der Waals surface area (Å²) in [5.41, 5.74) is 0. The summed E-state index contributed by atoms with van der Waals surface area (Å²) in [6, 6.07) is 0. The normalized spacial score (nSPS) is 12.9. The lowest BCUT2D eigenvalue weighted by Crippen LogP contribution is -2.02. The molecule has 1 N–H and O–H groups in total. The third-order valence-corrected chi connectivity index (χ3v) is 2.48. The van der Waals surface area contributed by atoms with Gasteiger partial charge in [-0.3, -0.25) is 0 Å². The first-order chi connectivity index (χ1) is 7.74. The van der Waals surface area contributed by atoms with E-state index in [0.29, 0.717) is 12.5 Å². The molecule has 0 heterocycles. The Morgan fingerprint density at radius 1 is 1.38 bits per heavy atom. The number of aliphatic hydroxyl groups excluding tert-OH is 1. The monoisotopic (exact) mass is 228 g/mol. The molecular weight excluding hydrogens is 204 g/mol. The number of hydrogen-bond donors (Lipinski definition) is 1. The molecule has 0 amide bonds. The molecule has 0 spiro atoms. The van der Waals surface area contributed by atoms with Crippen LogP contribution in [-0.4, -0.2) is 24.3 Å². The summed E-state index contributed by atoms with van der Waals surface area (Å²) in [6.07, 6.45) is 8.44. The fourth-order valence-electron chi connectivity index (χ4n) is 1.72. The molecule has 16 heavy (non-hydrogen) atoms. The van der Waals surface area contributed by atoms with Crippen LogP contribution in [0.15, 0.2) is 12.2 Å². The molecule has 0 aromatic rings. The molecule has 0 aliphatic heterocycles. The van der Waals surface area contributed by atoms with Gasteiger partial charge in [0.2, 0.25) is 0 Å². The van der Waals surface area contributed by atoms with Crippen molar-refractivity contribution in [2.75, 3.05) is 13.2 Å². The predicted octanol–water partition coefficient (Wildman–Crippen LogP) is 2.68. The summed E-state index contributed by atoms with van der Waals surface area (Å²) in [6.45, 7) is 4.63. The Kier molecular flexibility index (Phi) is 10.1. The minimum Gasteiger partial charge on any atom is -0.463 e. The summed E-state index contributed by atoms with van der Waals surface area (Å²) in [7, 11) is 0. The molecule has 0 saturated carbocycles. The van der Waals surface area contributed by atoms with Gasteiger partial charge in [-0.05, 0) is 32.1 Å². The molecule has 0 aliphatic carbocycles. The van der Waals surface area contributed by atoms with Crippen LogP contribution in [0, 0.1) is 5.92 Å². The van der Waals surface area contributed by atoms with Crippen molar-refractivity contribution in [3.8, 4) is 0 Å². The van der Waals surface area contributed by atoms with Gasteiger partial charge in [-0.1, -0.05) is 25.8 Å². The molecule has 0 aromatic carbocycles. The molecule has 0 rings (SSSR count). The van der Waals surface area contributed by atoms with Crippen LogP contribution < -0.4 is 0 Å². The highest BCUT2D eigenvalue weighted by Gasteiger charge is 2.05. The van der Waals surface area contributed by atoms with Crippen LogP contribution in [0.3, 0.4) is 0 Å². The second-order valence-corrected chi connectivity index (χ2v) is 3.91. The Morgan fingerprint density at radius 2 is 2.12 bits per heavy atom. The lowest BCUT2D eigenvalue weighted by molar-refractivity contribution is -0.137. The molecule has 0 aromatic heterocycles. The fraction of sp³-hybridized carbons (Fsp3) is 0.769. The fourth-order valence-corrected chi connectivity index (χ4v) is 1.72. The Labute approximate surface area is 98.5 Å². The minimum atomic E-state index is -0.264. The van der Waals surface area contributed by atoms with Crippen molar-refractivity contribution in [3.05, 3.63) is 12.2 Å². The van der Waals surface area contributed by atoms with Crippen LogP contribution in [0.25, 0.3) is 0 Å². The molecular formula is C13H24O3. The molecule has 1 atom stereocenters. The molecule has 0 unspecified atom stereocenters. The van der Waals surface area contributed by atoms with E-state index in [9.17, 15) is 4.79 Å². The van der Waals surface area contributed by atoms with E-state index < -0.39 is 0 Å². The second kappa shape index (κ2) is 10.7. The van der Waals surface area contributed by atoms with E-state index >= 15 is 0 Å². The van der Waals surface area contributed by atoms with Crippen molar-refractivity contribution >= 4 is 5.97 Å². The number of hydrogen-bond acceptors (Lipinski definition) is 3. The van der Waals surface area contributed by atoms with E-state index in [1.165, 1.54) is 6.08 Å². The zero-order valence-electron chi connectivity index (χ0n) is 10.4. The maximum Gasteiger partial charge on any atom is 0.330 e. The highest BCUT2D eigenvalue weighted by molar-refractivity contribution is 5.81. The lowest BCUT2D eigenvalue weighted by atomic mass is 9.94. The van der Waals surface area contributed by atoms with E-state index in [2.05, 4.69) is 6.92 Å². The number of ether oxygens (including phenoxy) is 1. The minimum absolute atomic E-state index is 0.252. The maximum absolute atomic E-state index is 11.0. The van der Waals surface area contributed by atoms with Gasteiger partial charge in [-0.25, -0.2) is 4.79 Å². The summed E-state index contributed by atoms with van der Waals surface area (Å²) >= 11 is 0. The van der Waals surface area contributed by atoms with Crippen molar-refractivity contribution in [2.24, 2.45) is 5.92 Å². The van der Waals surface area contributed by atoms with Crippen LogP contribution in [0.1, 0.15) is 46.0 Å². The Morgan fingerprint density at radius 3 is 2.69 bits per heavy atom. The van der Waals surface area contributed by atoms with Gasteiger partial charge < -0.3 is 9.84 Å². The van der Waals surface area contributed by atoms with Crippen molar-refractivity contribution in [1.29, 1.82) is 0 Å². The van der Waals surface area contributed by atoms with Gasteiger partial charge in [0, 0.05) is 12.7 Å². The number of esters is 1. The topological polar surface area (TPSA) is 46.5 Å². The summed E-state index contributed by atoms with van der Waals surface area (Å²) in [4.78, 5) is 11.0. The van der Waals surface area contributed by atoms with Gasteiger partial charge in [0.15, 0.2) is 0 Å². The van der Waals surface area contributed by atoms with Gasteiger partial charge in [-0.2, -0.15) is 0 Å². The quantitative estimate of drug-likeness (QED) is 0.487. The highest BCUT2D eigenvalue weighted by Crippen LogP contribution is 2.17. The van der Waals surface area contributed by atoms with E-state index in [-0.39, 0.29) is 12.6 Å². The van der Waals surface area contributed by atoms with Crippen LogP contribution in [-0.2, 0) is 9.53 Å². The van der Waals surface area contributed by atoms with Crippen molar-refractivity contribution in [2.45, 2.75) is 46.0 Å². The number of carbonyl (C=O) groups is 1. The van der Waals surface area contributed by atoms with Crippen LogP contribution >= 0.6 is 0 Å². The molecule has 0 radical (unpaired) electrons. The Bertz CT molecular complexity index is 199. The van der Waals surface area contributed by atoms with Crippen molar-refractivity contribution < 1.29 is 14.6 Å². The van der Waals surface area contributed by atoms with Gasteiger partial charge in [-0.15, -0.1) is 0 Å². The first-order valence-corrected chi connectivity index (χ1v) is 6.18. The van der Waals surface area contributed by atoms with Gasteiger partial charge in [0.25, 0.3) is 0 Å². The zero-order valence-corrected chi connectivity index (χ0v) is 10.4.